The summed E-state index contributed by atoms with van der Waals surface area (Å²) in [5.74, 6) is 0.630. The lowest BCUT2D eigenvalue weighted by molar-refractivity contribution is 0.249. The van der Waals surface area contributed by atoms with Crippen LogP contribution in [0.3, 0.4) is 0 Å². The Morgan fingerprint density at radius 3 is 3.14 bits per heavy atom. The summed E-state index contributed by atoms with van der Waals surface area (Å²) in [5, 5.41) is 4.26. The van der Waals surface area contributed by atoms with E-state index in [1.165, 1.54) is 6.21 Å². The Morgan fingerprint density at radius 2 is 2.41 bits per heavy atom. The third-order valence-corrected chi connectivity index (χ3v) is 2.96. The van der Waals surface area contributed by atoms with Gasteiger partial charge in [-0.05, 0) is 24.6 Å². The fourth-order valence-corrected chi connectivity index (χ4v) is 1.95. The number of rotatable bonds is 7. The molecule has 0 aliphatic rings. The van der Waals surface area contributed by atoms with Crippen molar-refractivity contribution in [2.75, 3.05) is 6.61 Å². The maximum absolute atomic E-state index is 10.6. The van der Waals surface area contributed by atoms with E-state index in [0.29, 0.717) is 22.9 Å². The highest BCUT2D eigenvalue weighted by atomic mass is 35.5. The number of halogens is 1. The van der Waals surface area contributed by atoms with Gasteiger partial charge in [-0.25, -0.2) is 15.2 Å². The van der Waals surface area contributed by atoms with Crippen molar-refractivity contribution in [1.29, 1.82) is 0 Å². The number of nitrogens with one attached hydrogen (secondary N) is 1. The summed E-state index contributed by atoms with van der Waals surface area (Å²) in [6, 6.07) is 4.44. The first-order valence-electron chi connectivity index (χ1n) is 6.62. The van der Waals surface area contributed by atoms with Crippen molar-refractivity contribution in [3.8, 4) is 5.75 Å². The van der Waals surface area contributed by atoms with Gasteiger partial charge in [-0.3, -0.25) is 0 Å². The Balaban J connectivity index is 1.91. The molecular formula is C14H16ClN5O2. The molecule has 0 atom stereocenters. The number of hydrogen-bond acceptors (Lipinski definition) is 4. The lowest BCUT2D eigenvalue weighted by Gasteiger charge is -2.09. The van der Waals surface area contributed by atoms with Crippen LogP contribution < -0.4 is 15.9 Å². The zero-order valence-corrected chi connectivity index (χ0v) is 12.5. The number of carbonyl (C=O) groups is 1. The molecule has 2 rings (SSSR count). The molecule has 0 unspecified atom stereocenters. The van der Waals surface area contributed by atoms with E-state index in [1.54, 1.807) is 30.7 Å². The molecule has 0 saturated carbocycles. The van der Waals surface area contributed by atoms with Crippen LogP contribution in [0.15, 0.2) is 42.0 Å². The summed E-state index contributed by atoms with van der Waals surface area (Å²) in [5.41, 5.74) is 7.72. The van der Waals surface area contributed by atoms with Crippen molar-refractivity contribution < 1.29 is 9.53 Å². The average molecular weight is 322 g/mol. The van der Waals surface area contributed by atoms with Gasteiger partial charge in [0.15, 0.2) is 0 Å². The molecule has 7 nitrogen and oxygen atoms in total. The molecule has 1 heterocycles. The highest BCUT2D eigenvalue weighted by Gasteiger charge is 2.03. The molecule has 8 heteroatoms. The second kappa shape index (κ2) is 8.04. The second-order valence-corrected chi connectivity index (χ2v) is 4.86. The first-order chi connectivity index (χ1) is 10.6. The van der Waals surface area contributed by atoms with E-state index >= 15 is 0 Å². The smallest absolute Gasteiger partial charge is 0.332 e. The van der Waals surface area contributed by atoms with Gasteiger partial charge in [0.1, 0.15) is 5.75 Å². The van der Waals surface area contributed by atoms with E-state index in [0.717, 1.165) is 13.0 Å². The molecular weight excluding hydrogens is 306 g/mol. The van der Waals surface area contributed by atoms with Gasteiger partial charge < -0.3 is 15.0 Å². The van der Waals surface area contributed by atoms with Crippen LogP contribution in [0, 0.1) is 0 Å². The monoisotopic (exact) mass is 321 g/mol. The average Bonchev–Trinajstić information content (AvgIpc) is 2.98. The summed E-state index contributed by atoms with van der Waals surface area (Å²) >= 11 is 5.95. The fourth-order valence-electron chi connectivity index (χ4n) is 1.77. The van der Waals surface area contributed by atoms with Crippen molar-refractivity contribution >= 4 is 23.8 Å². The maximum Gasteiger partial charge on any atom is 0.332 e. The van der Waals surface area contributed by atoms with Gasteiger partial charge >= 0.3 is 6.03 Å². The Morgan fingerprint density at radius 1 is 1.55 bits per heavy atom. The van der Waals surface area contributed by atoms with E-state index in [-0.39, 0.29) is 0 Å². The van der Waals surface area contributed by atoms with Gasteiger partial charge in [0.05, 0.1) is 19.1 Å². The number of nitrogens with zero attached hydrogens (tertiary/aromatic N) is 3. The summed E-state index contributed by atoms with van der Waals surface area (Å²) in [4.78, 5) is 14.6. The predicted octanol–water partition coefficient (Wildman–Crippen LogP) is 2.01. The van der Waals surface area contributed by atoms with Crippen LogP contribution in [0.25, 0.3) is 0 Å². The molecule has 0 fully saturated rings. The first kappa shape index (κ1) is 15.8. The van der Waals surface area contributed by atoms with Crippen LogP contribution >= 0.6 is 11.6 Å². The molecule has 0 bridgehead atoms. The third-order valence-electron chi connectivity index (χ3n) is 2.73. The molecule has 0 spiro atoms. The summed E-state index contributed by atoms with van der Waals surface area (Å²) in [6.45, 7) is 1.35. The predicted molar refractivity (Wildman–Crippen MR) is 84.1 cm³/mol. The van der Waals surface area contributed by atoms with E-state index in [9.17, 15) is 4.79 Å². The lowest BCUT2D eigenvalue weighted by Crippen LogP contribution is -2.24. The zero-order valence-electron chi connectivity index (χ0n) is 11.8. The van der Waals surface area contributed by atoms with Crippen molar-refractivity contribution in [3.63, 3.8) is 0 Å². The molecule has 22 heavy (non-hydrogen) atoms. The Bertz CT molecular complexity index is 643. The molecule has 2 amide bonds. The number of urea groups is 1. The van der Waals surface area contributed by atoms with E-state index in [2.05, 4.69) is 15.5 Å². The van der Waals surface area contributed by atoms with E-state index in [1.807, 2.05) is 10.8 Å². The van der Waals surface area contributed by atoms with Gasteiger partial charge in [0, 0.05) is 29.5 Å². The molecule has 3 N–H and O–H groups in total. The minimum atomic E-state index is -0.735. The Hall–Kier alpha value is -2.54. The van der Waals surface area contributed by atoms with Crippen LogP contribution in [0.4, 0.5) is 4.79 Å². The van der Waals surface area contributed by atoms with E-state index < -0.39 is 6.03 Å². The number of hydrogen-bond donors (Lipinski definition) is 2. The fraction of sp³-hybridized carbons (Fsp3) is 0.214. The van der Waals surface area contributed by atoms with Crippen LogP contribution in [0.1, 0.15) is 12.0 Å². The molecule has 0 saturated heterocycles. The van der Waals surface area contributed by atoms with Crippen molar-refractivity contribution in [1.82, 2.24) is 15.0 Å². The van der Waals surface area contributed by atoms with Gasteiger partial charge in [0.25, 0.3) is 0 Å². The molecule has 1 aromatic carbocycles. The van der Waals surface area contributed by atoms with Gasteiger partial charge in [-0.2, -0.15) is 5.10 Å². The number of imidazole rings is 1. The normalized spacial score (nSPS) is 10.8. The number of aromatic nitrogens is 2. The Kier molecular flexibility index (Phi) is 5.79. The van der Waals surface area contributed by atoms with Crippen molar-refractivity contribution in [2.24, 2.45) is 10.8 Å². The van der Waals surface area contributed by atoms with Gasteiger partial charge in [0.2, 0.25) is 0 Å². The zero-order chi connectivity index (χ0) is 15.8. The summed E-state index contributed by atoms with van der Waals surface area (Å²) < 4.78 is 7.70. The van der Waals surface area contributed by atoms with Gasteiger partial charge in [-0.1, -0.05) is 11.6 Å². The maximum atomic E-state index is 10.6. The number of amides is 2. The number of primary amides is 1. The van der Waals surface area contributed by atoms with Crippen LogP contribution in [0.5, 0.6) is 5.75 Å². The Labute approximate surface area is 132 Å². The van der Waals surface area contributed by atoms with Crippen molar-refractivity contribution in [2.45, 2.75) is 13.0 Å². The summed E-state index contributed by atoms with van der Waals surface area (Å²) in [7, 11) is 0. The highest BCUT2D eigenvalue weighted by Crippen LogP contribution is 2.21. The number of ether oxygens (including phenoxy) is 1. The topological polar surface area (TPSA) is 94.5 Å². The molecule has 2 aromatic rings. The number of aryl methyl sites for hydroxylation is 1. The highest BCUT2D eigenvalue weighted by molar-refractivity contribution is 6.30. The number of benzene rings is 1. The number of carbonyl (C=O) groups excluding carboxylic acids is 1. The standard InChI is InChI=1S/C14H16ClN5O2/c15-12-2-3-13(11(8-12)9-18-19-14(16)21)22-7-1-5-20-6-4-17-10-20/h2-4,6,8-10H,1,5,7H2,(H3,16,19,21). The lowest BCUT2D eigenvalue weighted by atomic mass is 10.2. The van der Waals surface area contributed by atoms with E-state index in [4.69, 9.17) is 22.1 Å². The quantitative estimate of drug-likeness (QED) is 0.464. The van der Waals surface area contributed by atoms with Crippen LogP contribution in [-0.4, -0.2) is 28.4 Å². The SMILES string of the molecule is NC(=O)NN=Cc1cc(Cl)ccc1OCCCn1ccnc1. The molecule has 0 aliphatic heterocycles. The minimum absolute atomic E-state index is 0.532. The third kappa shape index (κ3) is 5.10. The molecule has 116 valence electrons. The van der Waals surface area contributed by atoms with Crippen molar-refractivity contribution in [3.05, 3.63) is 47.5 Å². The largest absolute Gasteiger partial charge is 0.493 e. The summed E-state index contributed by atoms with van der Waals surface area (Å²) in [6.07, 6.45) is 7.66. The van der Waals surface area contributed by atoms with Crippen LogP contribution in [-0.2, 0) is 6.54 Å². The molecule has 1 aromatic heterocycles. The molecule has 0 radical (unpaired) electrons. The molecule has 0 aliphatic carbocycles. The van der Waals surface area contributed by atoms with Gasteiger partial charge in [-0.15, -0.1) is 0 Å². The minimum Gasteiger partial charge on any atom is -0.493 e. The van der Waals surface area contributed by atoms with Crippen LogP contribution in [0.2, 0.25) is 5.02 Å². The first-order valence-corrected chi connectivity index (χ1v) is 6.99. The number of nitrogens with two attached hydrogens (primary N) is 1. The number of hydrazone groups is 1. The second-order valence-electron chi connectivity index (χ2n) is 4.42.